The zero-order chi connectivity index (χ0) is 12.8. The van der Waals surface area contributed by atoms with Crippen molar-refractivity contribution in [2.24, 2.45) is 5.92 Å². The SMILES string of the molecule is CCN(CC1CCC1)C(C)CNCc1cccs1. The molecule has 1 saturated carbocycles. The van der Waals surface area contributed by atoms with Crippen LogP contribution in [0.1, 0.15) is 38.0 Å². The van der Waals surface area contributed by atoms with E-state index in [1.807, 2.05) is 11.3 Å². The van der Waals surface area contributed by atoms with Crippen LogP contribution < -0.4 is 5.32 Å². The van der Waals surface area contributed by atoms with Gasteiger partial charge in [-0.15, -0.1) is 11.3 Å². The molecule has 0 aliphatic heterocycles. The number of hydrogen-bond acceptors (Lipinski definition) is 3. The van der Waals surface area contributed by atoms with Gasteiger partial charge in [0.25, 0.3) is 0 Å². The lowest BCUT2D eigenvalue weighted by molar-refractivity contribution is 0.144. The molecule has 1 heterocycles. The number of rotatable bonds is 8. The summed E-state index contributed by atoms with van der Waals surface area (Å²) in [4.78, 5) is 4.06. The van der Waals surface area contributed by atoms with E-state index in [2.05, 4.69) is 41.6 Å². The topological polar surface area (TPSA) is 15.3 Å². The molecule has 0 spiro atoms. The van der Waals surface area contributed by atoms with E-state index in [-0.39, 0.29) is 0 Å². The number of nitrogens with zero attached hydrogens (tertiary/aromatic N) is 1. The molecular formula is C15H26N2S. The van der Waals surface area contributed by atoms with E-state index in [1.54, 1.807) is 0 Å². The van der Waals surface area contributed by atoms with Crippen LogP contribution in [0.2, 0.25) is 0 Å². The van der Waals surface area contributed by atoms with Gasteiger partial charge in [-0.2, -0.15) is 0 Å². The van der Waals surface area contributed by atoms with Crippen LogP contribution in [-0.4, -0.2) is 30.6 Å². The molecular weight excluding hydrogens is 240 g/mol. The molecule has 1 aromatic heterocycles. The Hall–Kier alpha value is -0.380. The Morgan fingerprint density at radius 2 is 2.33 bits per heavy atom. The van der Waals surface area contributed by atoms with Crippen molar-refractivity contribution in [1.82, 2.24) is 10.2 Å². The lowest BCUT2D eigenvalue weighted by Crippen LogP contribution is -2.43. The molecule has 1 aliphatic rings. The van der Waals surface area contributed by atoms with Gasteiger partial charge in [-0.05, 0) is 43.7 Å². The first-order valence-electron chi connectivity index (χ1n) is 7.26. The summed E-state index contributed by atoms with van der Waals surface area (Å²) in [5.41, 5.74) is 0. The monoisotopic (exact) mass is 266 g/mol. The summed E-state index contributed by atoms with van der Waals surface area (Å²) >= 11 is 1.84. The molecule has 0 saturated heterocycles. The molecule has 0 radical (unpaired) electrons. The normalized spacial score (nSPS) is 17.9. The Morgan fingerprint density at radius 3 is 2.89 bits per heavy atom. The standard InChI is InChI=1S/C15H26N2S/c1-3-17(12-14-6-4-7-14)13(2)10-16-11-15-8-5-9-18-15/h5,8-9,13-14,16H,3-4,6-7,10-12H2,1-2H3. The second kappa shape index (κ2) is 7.27. The van der Waals surface area contributed by atoms with Gasteiger partial charge in [0.15, 0.2) is 0 Å². The zero-order valence-corrected chi connectivity index (χ0v) is 12.5. The van der Waals surface area contributed by atoms with E-state index in [0.717, 1.165) is 19.0 Å². The summed E-state index contributed by atoms with van der Waals surface area (Å²) in [5.74, 6) is 0.977. The van der Waals surface area contributed by atoms with Crippen molar-refractivity contribution in [3.8, 4) is 0 Å². The molecule has 0 bridgehead atoms. The largest absolute Gasteiger partial charge is 0.310 e. The van der Waals surface area contributed by atoms with Gasteiger partial charge in [-0.25, -0.2) is 0 Å². The van der Waals surface area contributed by atoms with Gasteiger partial charge in [0.2, 0.25) is 0 Å². The van der Waals surface area contributed by atoms with Gasteiger partial charge in [-0.1, -0.05) is 19.4 Å². The summed E-state index contributed by atoms with van der Waals surface area (Å²) in [7, 11) is 0. The van der Waals surface area contributed by atoms with E-state index in [9.17, 15) is 0 Å². The molecule has 1 N–H and O–H groups in total. The fraction of sp³-hybridized carbons (Fsp3) is 0.733. The maximum absolute atomic E-state index is 3.58. The first-order chi connectivity index (χ1) is 8.79. The Bertz CT molecular complexity index is 319. The zero-order valence-electron chi connectivity index (χ0n) is 11.7. The summed E-state index contributed by atoms with van der Waals surface area (Å²) < 4.78 is 0. The Labute approximate surface area is 115 Å². The summed E-state index contributed by atoms with van der Waals surface area (Å²) in [6.45, 7) is 9.23. The summed E-state index contributed by atoms with van der Waals surface area (Å²) in [6.07, 6.45) is 4.35. The molecule has 1 atom stereocenters. The lowest BCUT2D eigenvalue weighted by atomic mass is 9.85. The highest BCUT2D eigenvalue weighted by Crippen LogP contribution is 2.27. The van der Waals surface area contributed by atoms with E-state index in [4.69, 9.17) is 0 Å². The number of thiophene rings is 1. The van der Waals surface area contributed by atoms with Crippen molar-refractivity contribution in [3.05, 3.63) is 22.4 Å². The van der Waals surface area contributed by atoms with Crippen LogP contribution in [-0.2, 0) is 6.54 Å². The third-order valence-corrected chi connectivity index (χ3v) is 4.94. The van der Waals surface area contributed by atoms with Crippen LogP contribution in [0.15, 0.2) is 17.5 Å². The van der Waals surface area contributed by atoms with Crippen molar-refractivity contribution in [1.29, 1.82) is 0 Å². The van der Waals surface area contributed by atoms with Crippen LogP contribution in [0.5, 0.6) is 0 Å². The van der Waals surface area contributed by atoms with Crippen molar-refractivity contribution in [3.63, 3.8) is 0 Å². The molecule has 3 heteroatoms. The molecule has 102 valence electrons. The van der Waals surface area contributed by atoms with Crippen molar-refractivity contribution >= 4 is 11.3 Å². The minimum Gasteiger partial charge on any atom is -0.310 e. The van der Waals surface area contributed by atoms with Gasteiger partial charge >= 0.3 is 0 Å². The molecule has 18 heavy (non-hydrogen) atoms. The number of nitrogens with one attached hydrogen (secondary N) is 1. The van der Waals surface area contributed by atoms with E-state index >= 15 is 0 Å². The predicted octanol–water partition coefficient (Wildman–Crippen LogP) is 3.35. The van der Waals surface area contributed by atoms with Crippen LogP contribution in [0.4, 0.5) is 0 Å². The third-order valence-electron chi connectivity index (χ3n) is 4.07. The molecule has 0 aromatic carbocycles. The van der Waals surface area contributed by atoms with Gasteiger partial charge < -0.3 is 5.32 Å². The maximum Gasteiger partial charge on any atom is 0.0300 e. The first-order valence-corrected chi connectivity index (χ1v) is 8.14. The smallest absolute Gasteiger partial charge is 0.0300 e. The quantitative estimate of drug-likeness (QED) is 0.776. The van der Waals surface area contributed by atoms with E-state index < -0.39 is 0 Å². The number of likely N-dealkylation sites (N-methyl/N-ethyl adjacent to an activating group) is 1. The molecule has 1 unspecified atom stereocenters. The summed E-state index contributed by atoms with van der Waals surface area (Å²) in [6, 6.07) is 4.98. The van der Waals surface area contributed by atoms with Crippen molar-refractivity contribution in [2.45, 2.75) is 45.7 Å². The maximum atomic E-state index is 3.58. The van der Waals surface area contributed by atoms with Gasteiger partial charge in [0.1, 0.15) is 0 Å². The van der Waals surface area contributed by atoms with Crippen LogP contribution in [0.3, 0.4) is 0 Å². The van der Waals surface area contributed by atoms with Crippen LogP contribution >= 0.6 is 11.3 Å². The minimum atomic E-state index is 0.649. The number of hydrogen-bond donors (Lipinski definition) is 1. The fourth-order valence-corrected chi connectivity index (χ4v) is 3.25. The molecule has 1 aromatic rings. The second-order valence-electron chi connectivity index (χ2n) is 5.44. The van der Waals surface area contributed by atoms with Gasteiger partial charge in [-0.3, -0.25) is 4.90 Å². The Kier molecular flexibility index (Phi) is 5.67. The van der Waals surface area contributed by atoms with Crippen LogP contribution in [0, 0.1) is 5.92 Å². The lowest BCUT2D eigenvalue weighted by Gasteiger charge is -2.35. The minimum absolute atomic E-state index is 0.649. The average Bonchev–Trinajstić information content (AvgIpc) is 2.80. The first kappa shape index (κ1) is 14.0. The average molecular weight is 266 g/mol. The van der Waals surface area contributed by atoms with Crippen molar-refractivity contribution in [2.75, 3.05) is 19.6 Å². The van der Waals surface area contributed by atoms with E-state index in [1.165, 1.54) is 37.2 Å². The van der Waals surface area contributed by atoms with E-state index in [0.29, 0.717) is 6.04 Å². The molecule has 1 fully saturated rings. The Balaban J connectivity index is 1.66. The Morgan fingerprint density at radius 1 is 1.50 bits per heavy atom. The molecule has 1 aliphatic carbocycles. The molecule has 0 amide bonds. The summed E-state index contributed by atoms with van der Waals surface area (Å²) in [5, 5.41) is 5.73. The highest BCUT2D eigenvalue weighted by atomic mass is 32.1. The van der Waals surface area contributed by atoms with Gasteiger partial charge in [0.05, 0.1) is 0 Å². The second-order valence-corrected chi connectivity index (χ2v) is 6.48. The fourth-order valence-electron chi connectivity index (χ4n) is 2.57. The molecule has 2 nitrogen and oxygen atoms in total. The third kappa shape index (κ3) is 4.08. The highest BCUT2D eigenvalue weighted by Gasteiger charge is 2.22. The molecule has 2 rings (SSSR count). The van der Waals surface area contributed by atoms with Crippen LogP contribution in [0.25, 0.3) is 0 Å². The highest BCUT2D eigenvalue weighted by molar-refractivity contribution is 7.09. The van der Waals surface area contributed by atoms with Crippen molar-refractivity contribution < 1.29 is 0 Å². The van der Waals surface area contributed by atoms with Gasteiger partial charge in [0, 0.05) is 30.6 Å². The predicted molar refractivity (Wildman–Crippen MR) is 80.1 cm³/mol.